The van der Waals surface area contributed by atoms with Gasteiger partial charge in [-0.1, -0.05) is 6.58 Å². The molecule has 1 aromatic rings. The van der Waals surface area contributed by atoms with Crippen LogP contribution in [0.3, 0.4) is 0 Å². The van der Waals surface area contributed by atoms with Gasteiger partial charge in [-0.2, -0.15) is 0 Å². The quantitative estimate of drug-likeness (QED) is 0.820. The van der Waals surface area contributed by atoms with Gasteiger partial charge in [-0.05, 0) is 18.2 Å². The van der Waals surface area contributed by atoms with E-state index in [9.17, 15) is 18.4 Å². The lowest BCUT2D eigenvalue weighted by molar-refractivity contribution is -0.119. The molecule has 0 radical (unpaired) electrons. The van der Waals surface area contributed by atoms with Gasteiger partial charge < -0.3 is 15.4 Å². The molecule has 1 aliphatic carbocycles. The number of nitrogens with one attached hydrogen (secondary N) is 2. The molecular weight excluding hydrogens is 282 g/mol. The normalized spacial score (nSPS) is 18.5. The number of alkyl halides is 2. The average Bonchev–Trinajstić information content (AvgIpc) is 3.09. The third-order valence-electron chi connectivity index (χ3n) is 3.07. The zero-order chi connectivity index (χ0) is 15.6. The van der Waals surface area contributed by atoms with Gasteiger partial charge in [-0.15, -0.1) is 0 Å². The molecular formula is C14H14F2N2O3. The smallest absolute Gasteiger partial charge is 0.260 e. The van der Waals surface area contributed by atoms with E-state index in [0.29, 0.717) is 5.75 Å². The first-order chi connectivity index (χ1) is 9.87. The number of carbonyl (C=O) groups excluding carboxylic acids is 2. The standard InChI is InChI=1S/C14H14F2N2O3/c1-3-12(19)17-10-5-4-8(21-2)6-11(10)18-13(20)9-7-14(9,15)16/h3-6,9H,1,7H2,2H3,(H,17,19)(H,18,20)/t9-/m1/s1. The van der Waals surface area contributed by atoms with E-state index in [0.717, 1.165) is 6.08 Å². The highest BCUT2D eigenvalue weighted by molar-refractivity contribution is 6.04. The van der Waals surface area contributed by atoms with Crippen molar-refractivity contribution in [3.8, 4) is 5.75 Å². The van der Waals surface area contributed by atoms with Crippen LogP contribution in [0.15, 0.2) is 30.9 Å². The van der Waals surface area contributed by atoms with Crippen LogP contribution in [0.4, 0.5) is 20.2 Å². The summed E-state index contributed by atoms with van der Waals surface area (Å²) in [4.78, 5) is 23.1. The van der Waals surface area contributed by atoms with Crippen molar-refractivity contribution in [2.45, 2.75) is 12.3 Å². The minimum atomic E-state index is -2.95. The fourth-order valence-corrected chi connectivity index (χ4v) is 1.76. The van der Waals surface area contributed by atoms with Crippen LogP contribution in [0.1, 0.15) is 6.42 Å². The summed E-state index contributed by atoms with van der Waals surface area (Å²) in [5.74, 6) is -5.13. The summed E-state index contributed by atoms with van der Waals surface area (Å²) in [5.41, 5.74) is 0.468. The fraction of sp³-hybridized carbons (Fsp3) is 0.286. The van der Waals surface area contributed by atoms with Crippen molar-refractivity contribution in [3.05, 3.63) is 30.9 Å². The van der Waals surface area contributed by atoms with Gasteiger partial charge in [0, 0.05) is 12.5 Å². The van der Waals surface area contributed by atoms with Crippen LogP contribution in [-0.4, -0.2) is 24.8 Å². The molecule has 2 rings (SSSR count). The van der Waals surface area contributed by atoms with Gasteiger partial charge in [0.15, 0.2) is 0 Å². The number of amides is 2. The highest BCUT2D eigenvalue weighted by Gasteiger charge is 2.61. The zero-order valence-corrected chi connectivity index (χ0v) is 11.3. The number of carbonyl (C=O) groups is 2. The van der Waals surface area contributed by atoms with Gasteiger partial charge in [0.25, 0.3) is 5.92 Å². The monoisotopic (exact) mass is 296 g/mol. The lowest BCUT2D eigenvalue weighted by Gasteiger charge is -2.13. The van der Waals surface area contributed by atoms with E-state index >= 15 is 0 Å². The van der Waals surface area contributed by atoms with Gasteiger partial charge in [-0.3, -0.25) is 9.59 Å². The van der Waals surface area contributed by atoms with Gasteiger partial charge in [0.1, 0.15) is 11.7 Å². The number of anilines is 2. The van der Waals surface area contributed by atoms with Gasteiger partial charge in [0.05, 0.1) is 18.5 Å². The maximum atomic E-state index is 12.9. The third-order valence-corrected chi connectivity index (χ3v) is 3.07. The first kappa shape index (κ1) is 15.0. The number of methoxy groups -OCH3 is 1. The van der Waals surface area contributed by atoms with Crippen molar-refractivity contribution in [1.29, 1.82) is 0 Å². The molecule has 0 aliphatic heterocycles. The molecule has 5 nitrogen and oxygen atoms in total. The van der Waals surface area contributed by atoms with Gasteiger partial charge in [-0.25, -0.2) is 8.78 Å². The number of hydrogen-bond acceptors (Lipinski definition) is 3. The topological polar surface area (TPSA) is 67.4 Å². The molecule has 7 heteroatoms. The molecule has 1 aliphatic rings. The Bertz CT molecular complexity index is 602. The van der Waals surface area contributed by atoms with E-state index in [1.165, 1.54) is 19.2 Å². The molecule has 112 valence electrons. The second-order valence-corrected chi connectivity index (χ2v) is 4.61. The van der Waals surface area contributed by atoms with Crippen LogP contribution in [-0.2, 0) is 9.59 Å². The summed E-state index contributed by atoms with van der Waals surface area (Å²) in [5, 5.41) is 4.87. The molecule has 2 N–H and O–H groups in total. The Morgan fingerprint density at radius 2 is 2.05 bits per heavy atom. The van der Waals surface area contributed by atoms with Crippen molar-refractivity contribution in [3.63, 3.8) is 0 Å². The van der Waals surface area contributed by atoms with Crippen LogP contribution < -0.4 is 15.4 Å². The summed E-state index contributed by atoms with van der Waals surface area (Å²) in [6, 6.07) is 4.51. The predicted octanol–water partition coefficient (Wildman–Crippen LogP) is 2.41. The molecule has 0 bridgehead atoms. The minimum Gasteiger partial charge on any atom is -0.497 e. The fourth-order valence-electron chi connectivity index (χ4n) is 1.76. The summed E-state index contributed by atoms with van der Waals surface area (Å²) in [7, 11) is 1.43. The van der Waals surface area contributed by atoms with Crippen molar-refractivity contribution >= 4 is 23.2 Å². The van der Waals surface area contributed by atoms with E-state index in [2.05, 4.69) is 17.2 Å². The van der Waals surface area contributed by atoms with Crippen LogP contribution in [0.2, 0.25) is 0 Å². The molecule has 0 spiro atoms. The van der Waals surface area contributed by atoms with E-state index in [4.69, 9.17) is 4.74 Å². The van der Waals surface area contributed by atoms with Gasteiger partial charge >= 0.3 is 0 Å². The van der Waals surface area contributed by atoms with Gasteiger partial charge in [0.2, 0.25) is 11.8 Å². The Labute approximate surface area is 120 Å². The van der Waals surface area contributed by atoms with E-state index < -0.39 is 30.1 Å². The number of benzene rings is 1. The lowest BCUT2D eigenvalue weighted by Crippen LogP contribution is -2.19. The second-order valence-electron chi connectivity index (χ2n) is 4.61. The van der Waals surface area contributed by atoms with Crippen LogP contribution in [0.5, 0.6) is 5.75 Å². The third kappa shape index (κ3) is 3.36. The molecule has 1 atom stereocenters. The van der Waals surface area contributed by atoms with Crippen LogP contribution in [0.25, 0.3) is 0 Å². The van der Waals surface area contributed by atoms with E-state index in [-0.39, 0.29) is 11.4 Å². The largest absolute Gasteiger partial charge is 0.497 e. The van der Waals surface area contributed by atoms with Crippen LogP contribution >= 0.6 is 0 Å². The maximum absolute atomic E-state index is 12.9. The molecule has 21 heavy (non-hydrogen) atoms. The first-order valence-electron chi connectivity index (χ1n) is 6.17. The first-order valence-corrected chi connectivity index (χ1v) is 6.17. The Morgan fingerprint density at radius 3 is 2.57 bits per heavy atom. The molecule has 1 aromatic carbocycles. The number of rotatable bonds is 5. The second kappa shape index (κ2) is 5.51. The highest BCUT2D eigenvalue weighted by Crippen LogP contribution is 2.49. The zero-order valence-electron chi connectivity index (χ0n) is 11.3. The number of hydrogen-bond donors (Lipinski definition) is 2. The minimum absolute atomic E-state index is 0.192. The van der Waals surface area contributed by atoms with E-state index in [1.807, 2.05) is 0 Å². The molecule has 1 fully saturated rings. The summed E-state index contributed by atoms with van der Waals surface area (Å²) in [6.07, 6.45) is 0.599. The molecule has 1 saturated carbocycles. The lowest BCUT2D eigenvalue weighted by atomic mass is 10.2. The molecule has 0 heterocycles. The molecule has 0 unspecified atom stereocenters. The SMILES string of the molecule is C=CC(=O)Nc1ccc(OC)cc1NC(=O)[C@H]1CC1(F)F. The number of halogens is 2. The predicted molar refractivity (Wildman–Crippen MR) is 73.5 cm³/mol. The summed E-state index contributed by atoms with van der Waals surface area (Å²) < 4.78 is 30.8. The molecule has 2 amide bonds. The molecule has 0 saturated heterocycles. The van der Waals surface area contributed by atoms with Crippen molar-refractivity contribution in [2.75, 3.05) is 17.7 Å². The summed E-state index contributed by atoms with van der Waals surface area (Å²) >= 11 is 0. The Kier molecular flexibility index (Phi) is 3.93. The van der Waals surface area contributed by atoms with Crippen molar-refractivity contribution in [1.82, 2.24) is 0 Å². The van der Waals surface area contributed by atoms with Crippen LogP contribution in [0, 0.1) is 5.92 Å². The Balaban J connectivity index is 2.20. The summed E-state index contributed by atoms with van der Waals surface area (Å²) in [6.45, 7) is 3.32. The maximum Gasteiger partial charge on any atom is 0.260 e. The Morgan fingerprint density at radius 1 is 1.38 bits per heavy atom. The average molecular weight is 296 g/mol. The van der Waals surface area contributed by atoms with Crippen molar-refractivity contribution in [2.24, 2.45) is 5.92 Å². The number of ether oxygens (including phenoxy) is 1. The van der Waals surface area contributed by atoms with Crippen molar-refractivity contribution < 1.29 is 23.1 Å². The Hall–Kier alpha value is -2.44. The highest BCUT2D eigenvalue weighted by atomic mass is 19.3. The molecule has 0 aromatic heterocycles. The van der Waals surface area contributed by atoms with E-state index in [1.54, 1.807) is 6.07 Å².